The average molecular weight is 307 g/mol. The van der Waals surface area contributed by atoms with E-state index in [1.807, 2.05) is 24.5 Å². The van der Waals surface area contributed by atoms with Crippen molar-refractivity contribution >= 4 is 21.6 Å². The molecule has 5 heteroatoms. The number of nitrogen functional groups attached to an aromatic ring is 1. The van der Waals surface area contributed by atoms with E-state index >= 15 is 0 Å². The minimum absolute atomic E-state index is 0.797. The van der Waals surface area contributed by atoms with Crippen LogP contribution in [0.4, 0.5) is 5.69 Å². The van der Waals surface area contributed by atoms with Gasteiger partial charge in [0.05, 0.1) is 6.54 Å². The highest BCUT2D eigenvalue weighted by atomic mass is 79.9. The second kappa shape index (κ2) is 4.74. The smallest absolute Gasteiger partial charge is 0.122 e. The molecular formula is C13H15BrN4. The fourth-order valence-corrected chi connectivity index (χ4v) is 2.71. The quantitative estimate of drug-likeness (QED) is 0.866. The van der Waals surface area contributed by atoms with Gasteiger partial charge in [-0.25, -0.2) is 4.98 Å². The molecule has 1 aliphatic heterocycles. The van der Waals surface area contributed by atoms with Crippen molar-refractivity contribution in [2.75, 3.05) is 12.3 Å². The predicted octanol–water partition coefficient (Wildman–Crippen LogP) is 2.24. The van der Waals surface area contributed by atoms with Crippen molar-refractivity contribution in [2.24, 2.45) is 0 Å². The zero-order valence-electron chi connectivity index (χ0n) is 10.0. The lowest BCUT2D eigenvalue weighted by atomic mass is 10.2. The zero-order valence-corrected chi connectivity index (χ0v) is 11.6. The van der Waals surface area contributed by atoms with Crippen LogP contribution in [0.15, 0.2) is 35.1 Å². The number of aromatic nitrogens is 2. The van der Waals surface area contributed by atoms with Crippen molar-refractivity contribution in [1.82, 2.24) is 14.5 Å². The molecule has 1 aromatic carbocycles. The summed E-state index contributed by atoms with van der Waals surface area (Å²) < 4.78 is 3.23. The first-order valence-electron chi connectivity index (χ1n) is 5.99. The lowest BCUT2D eigenvalue weighted by Gasteiger charge is -2.28. The number of hydrogen-bond donors (Lipinski definition) is 1. The van der Waals surface area contributed by atoms with Gasteiger partial charge in [0, 0.05) is 42.2 Å². The molecule has 0 fully saturated rings. The number of imidazole rings is 1. The fourth-order valence-electron chi connectivity index (χ4n) is 2.32. The molecule has 0 radical (unpaired) electrons. The van der Waals surface area contributed by atoms with E-state index in [0.717, 1.165) is 42.2 Å². The molecule has 0 saturated heterocycles. The summed E-state index contributed by atoms with van der Waals surface area (Å²) in [6.07, 6.45) is 3.92. The highest BCUT2D eigenvalue weighted by molar-refractivity contribution is 9.10. The Morgan fingerprint density at radius 2 is 2.22 bits per heavy atom. The van der Waals surface area contributed by atoms with Crippen LogP contribution in [0.25, 0.3) is 0 Å². The van der Waals surface area contributed by atoms with Crippen molar-refractivity contribution < 1.29 is 0 Å². The molecule has 0 spiro atoms. The second-order valence-electron chi connectivity index (χ2n) is 4.57. The minimum atomic E-state index is 0.797. The number of nitrogens with two attached hydrogens (primary N) is 1. The Hall–Kier alpha value is -1.33. The molecule has 1 aromatic heterocycles. The van der Waals surface area contributed by atoms with Gasteiger partial charge in [0.25, 0.3) is 0 Å². The highest BCUT2D eigenvalue weighted by Gasteiger charge is 2.17. The molecule has 2 heterocycles. The molecule has 0 aliphatic carbocycles. The first-order chi connectivity index (χ1) is 8.74. The Morgan fingerprint density at radius 3 is 3.11 bits per heavy atom. The van der Waals surface area contributed by atoms with E-state index in [1.165, 1.54) is 5.56 Å². The van der Waals surface area contributed by atoms with Gasteiger partial charge >= 0.3 is 0 Å². The molecule has 0 atom stereocenters. The monoisotopic (exact) mass is 306 g/mol. The SMILES string of the molecule is Nc1cccc(CN2CCn3ccnc3C2)c1Br. The summed E-state index contributed by atoms with van der Waals surface area (Å²) in [5, 5.41) is 0. The number of hydrogen-bond acceptors (Lipinski definition) is 3. The summed E-state index contributed by atoms with van der Waals surface area (Å²) in [4.78, 5) is 6.76. The Morgan fingerprint density at radius 1 is 1.33 bits per heavy atom. The van der Waals surface area contributed by atoms with Gasteiger partial charge in [0.15, 0.2) is 0 Å². The van der Waals surface area contributed by atoms with Gasteiger partial charge in [-0.2, -0.15) is 0 Å². The van der Waals surface area contributed by atoms with E-state index in [2.05, 4.69) is 36.4 Å². The number of rotatable bonds is 2. The Labute approximate surface area is 115 Å². The Bertz CT molecular complexity index is 564. The van der Waals surface area contributed by atoms with E-state index in [1.54, 1.807) is 0 Å². The van der Waals surface area contributed by atoms with Crippen LogP contribution in [-0.2, 0) is 19.6 Å². The first-order valence-corrected chi connectivity index (χ1v) is 6.78. The van der Waals surface area contributed by atoms with Crippen LogP contribution in [0.3, 0.4) is 0 Å². The van der Waals surface area contributed by atoms with Crippen molar-refractivity contribution in [3.05, 3.63) is 46.5 Å². The summed E-state index contributed by atoms with van der Waals surface area (Å²) in [6, 6.07) is 6.03. The van der Waals surface area contributed by atoms with Gasteiger partial charge < -0.3 is 10.3 Å². The number of anilines is 1. The minimum Gasteiger partial charge on any atom is -0.398 e. The molecule has 4 nitrogen and oxygen atoms in total. The summed E-state index contributed by atoms with van der Waals surface area (Å²) in [7, 11) is 0. The maximum Gasteiger partial charge on any atom is 0.122 e. The topological polar surface area (TPSA) is 47.1 Å². The van der Waals surface area contributed by atoms with Crippen LogP contribution in [-0.4, -0.2) is 21.0 Å². The summed E-state index contributed by atoms with van der Waals surface area (Å²) >= 11 is 3.56. The standard InChI is InChI=1S/C13H15BrN4/c14-13-10(2-1-3-11(13)15)8-17-6-7-18-5-4-16-12(18)9-17/h1-5H,6-9,15H2. The van der Waals surface area contributed by atoms with Crippen molar-refractivity contribution in [1.29, 1.82) is 0 Å². The highest BCUT2D eigenvalue weighted by Crippen LogP contribution is 2.25. The third-order valence-corrected chi connectivity index (χ3v) is 4.29. The maximum atomic E-state index is 5.90. The molecule has 3 rings (SSSR count). The molecule has 2 aromatic rings. The zero-order chi connectivity index (χ0) is 12.5. The molecule has 18 heavy (non-hydrogen) atoms. The van der Waals surface area contributed by atoms with Crippen LogP contribution in [0.5, 0.6) is 0 Å². The summed E-state index contributed by atoms with van der Waals surface area (Å²) in [5.74, 6) is 1.14. The van der Waals surface area contributed by atoms with Gasteiger partial charge in [-0.05, 0) is 27.6 Å². The number of halogens is 1. The van der Waals surface area contributed by atoms with Gasteiger partial charge in [-0.1, -0.05) is 12.1 Å². The third-order valence-electron chi connectivity index (χ3n) is 3.33. The van der Waals surface area contributed by atoms with E-state index in [-0.39, 0.29) is 0 Å². The van der Waals surface area contributed by atoms with Crippen LogP contribution >= 0.6 is 15.9 Å². The molecule has 0 bridgehead atoms. The lowest BCUT2D eigenvalue weighted by molar-refractivity contribution is 0.208. The van der Waals surface area contributed by atoms with Crippen LogP contribution in [0.1, 0.15) is 11.4 Å². The lowest BCUT2D eigenvalue weighted by Crippen LogP contribution is -2.33. The Kier molecular flexibility index (Phi) is 3.09. The molecule has 0 unspecified atom stereocenters. The van der Waals surface area contributed by atoms with Gasteiger partial charge in [0.1, 0.15) is 5.82 Å². The van der Waals surface area contributed by atoms with Gasteiger partial charge in [-0.3, -0.25) is 4.90 Å². The van der Waals surface area contributed by atoms with Crippen molar-refractivity contribution in [3.63, 3.8) is 0 Å². The van der Waals surface area contributed by atoms with Gasteiger partial charge in [0.2, 0.25) is 0 Å². The molecule has 94 valence electrons. The first kappa shape index (κ1) is 11.7. The van der Waals surface area contributed by atoms with Gasteiger partial charge in [-0.15, -0.1) is 0 Å². The summed E-state index contributed by atoms with van der Waals surface area (Å²) in [6.45, 7) is 3.85. The van der Waals surface area contributed by atoms with E-state index in [0.29, 0.717) is 0 Å². The predicted molar refractivity (Wildman–Crippen MR) is 74.9 cm³/mol. The van der Waals surface area contributed by atoms with Crippen LogP contribution < -0.4 is 5.73 Å². The maximum absolute atomic E-state index is 5.90. The van der Waals surface area contributed by atoms with Crippen molar-refractivity contribution in [2.45, 2.75) is 19.6 Å². The van der Waals surface area contributed by atoms with E-state index in [9.17, 15) is 0 Å². The Balaban J connectivity index is 1.77. The number of benzene rings is 1. The molecule has 0 saturated carbocycles. The second-order valence-corrected chi connectivity index (χ2v) is 5.36. The molecule has 1 aliphatic rings. The number of nitrogens with zero attached hydrogens (tertiary/aromatic N) is 3. The van der Waals surface area contributed by atoms with Crippen molar-refractivity contribution in [3.8, 4) is 0 Å². The average Bonchev–Trinajstić information content (AvgIpc) is 2.82. The van der Waals surface area contributed by atoms with Crippen LogP contribution in [0, 0.1) is 0 Å². The fraction of sp³-hybridized carbons (Fsp3) is 0.308. The van der Waals surface area contributed by atoms with E-state index < -0.39 is 0 Å². The normalized spacial score (nSPS) is 15.6. The number of fused-ring (bicyclic) bond motifs is 1. The molecule has 0 amide bonds. The van der Waals surface area contributed by atoms with E-state index in [4.69, 9.17) is 5.73 Å². The van der Waals surface area contributed by atoms with Crippen LogP contribution in [0.2, 0.25) is 0 Å². The molecule has 2 N–H and O–H groups in total. The summed E-state index contributed by atoms with van der Waals surface area (Å²) in [5.41, 5.74) is 7.93. The third kappa shape index (κ3) is 2.15. The molecular weight excluding hydrogens is 292 g/mol. The largest absolute Gasteiger partial charge is 0.398 e.